The van der Waals surface area contributed by atoms with Gasteiger partial charge in [-0.25, -0.2) is 8.42 Å². The number of sulfonamides is 1. The molecule has 0 aliphatic heterocycles. The number of carbonyl (C=O) groups is 1. The molecule has 3 aromatic heterocycles. The second-order valence-electron chi connectivity index (χ2n) is 4.80. The number of anilines is 1. The van der Waals surface area contributed by atoms with Crippen molar-refractivity contribution in [3.05, 3.63) is 23.4 Å². The van der Waals surface area contributed by atoms with E-state index in [0.29, 0.717) is 5.82 Å². The van der Waals surface area contributed by atoms with Gasteiger partial charge in [-0.05, 0) is 11.4 Å². The summed E-state index contributed by atoms with van der Waals surface area (Å²) in [5.74, 6) is 0.196. The highest BCUT2D eigenvalue weighted by atomic mass is 32.2. The molecule has 0 bridgehead atoms. The second-order valence-corrected chi connectivity index (χ2v) is 8.95. The Morgan fingerprint density at radius 3 is 2.88 bits per heavy atom. The summed E-state index contributed by atoms with van der Waals surface area (Å²) in [7, 11) is -2.53. The van der Waals surface area contributed by atoms with Crippen LogP contribution in [0.15, 0.2) is 26.4 Å². The summed E-state index contributed by atoms with van der Waals surface area (Å²) in [6, 6.07) is 3.69. The third-order valence-electron chi connectivity index (χ3n) is 2.89. The predicted octanol–water partition coefficient (Wildman–Crippen LogP) is 1.43. The Balaban J connectivity index is 1.74. The van der Waals surface area contributed by atoms with E-state index in [4.69, 9.17) is 4.52 Å². The molecule has 0 spiro atoms. The number of hydrogen-bond acceptors (Lipinski definition) is 10. The van der Waals surface area contributed by atoms with E-state index in [1.807, 2.05) is 17.5 Å². The van der Waals surface area contributed by atoms with Gasteiger partial charge in [0.2, 0.25) is 27.1 Å². The van der Waals surface area contributed by atoms with E-state index >= 15 is 0 Å². The fraction of sp³-hybridized carbons (Fsp3) is 0.250. The van der Waals surface area contributed by atoms with Crippen LogP contribution < -0.4 is 5.32 Å². The molecule has 132 valence electrons. The van der Waals surface area contributed by atoms with E-state index in [-0.39, 0.29) is 27.8 Å². The number of rotatable bonds is 6. The highest BCUT2D eigenvalue weighted by molar-refractivity contribution is 7.91. The summed E-state index contributed by atoms with van der Waals surface area (Å²) in [4.78, 5) is 16.0. The molecule has 0 unspecified atom stereocenters. The highest BCUT2D eigenvalue weighted by Crippen LogP contribution is 2.25. The van der Waals surface area contributed by atoms with Crippen molar-refractivity contribution in [3.63, 3.8) is 0 Å². The summed E-state index contributed by atoms with van der Waals surface area (Å²) in [5, 5.41) is 15.4. The van der Waals surface area contributed by atoms with Crippen LogP contribution in [0.5, 0.6) is 0 Å². The molecule has 1 N–H and O–H groups in total. The monoisotopic (exact) mass is 400 g/mol. The molecule has 0 radical (unpaired) electrons. The van der Waals surface area contributed by atoms with E-state index in [2.05, 4.69) is 25.7 Å². The van der Waals surface area contributed by atoms with Gasteiger partial charge in [0.1, 0.15) is 0 Å². The quantitative estimate of drug-likeness (QED) is 0.615. The number of nitrogens with zero attached hydrogens (tertiary/aromatic N) is 5. The number of amides is 1. The SMILES string of the molecule is CC(=O)Nc1nnc(S(=O)(=O)N(C)Cc2nc(-c3cccs3)no2)s1. The molecule has 3 rings (SSSR count). The number of thiophene rings is 1. The molecule has 13 heteroatoms. The molecule has 25 heavy (non-hydrogen) atoms. The predicted molar refractivity (Wildman–Crippen MR) is 90.5 cm³/mol. The molecule has 10 nitrogen and oxygen atoms in total. The molecule has 1 amide bonds. The highest BCUT2D eigenvalue weighted by Gasteiger charge is 2.27. The normalized spacial score (nSPS) is 11.8. The lowest BCUT2D eigenvalue weighted by atomic mass is 10.4. The Kier molecular flexibility index (Phi) is 4.89. The van der Waals surface area contributed by atoms with Gasteiger partial charge in [0.05, 0.1) is 11.4 Å². The van der Waals surface area contributed by atoms with Crippen molar-refractivity contribution in [3.8, 4) is 10.7 Å². The first kappa shape index (κ1) is 17.6. The first-order valence-electron chi connectivity index (χ1n) is 6.80. The number of hydrogen-bond donors (Lipinski definition) is 1. The molecule has 0 saturated carbocycles. The van der Waals surface area contributed by atoms with Crippen molar-refractivity contribution in [2.24, 2.45) is 0 Å². The fourth-order valence-electron chi connectivity index (χ4n) is 1.75. The lowest BCUT2D eigenvalue weighted by Gasteiger charge is -2.11. The standard InChI is InChI=1S/C12H12N6O4S3/c1-7(19)13-11-15-16-12(24-11)25(20,21)18(2)6-9-14-10(17-22-9)8-4-3-5-23-8/h3-5H,6H2,1-2H3,(H,13,15,19). The lowest BCUT2D eigenvalue weighted by Crippen LogP contribution is -2.26. The Labute approximate surface area is 150 Å². The van der Waals surface area contributed by atoms with Gasteiger partial charge in [-0.3, -0.25) is 4.79 Å². The molecule has 3 heterocycles. The zero-order valence-corrected chi connectivity index (χ0v) is 15.5. The van der Waals surface area contributed by atoms with E-state index in [1.54, 1.807) is 0 Å². The summed E-state index contributed by atoms with van der Waals surface area (Å²) < 4.78 is 30.9. The maximum atomic E-state index is 12.5. The van der Waals surface area contributed by atoms with Crippen LogP contribution in [0.25, 0.3) is 10.7 Å². The maximum absolute atomic E-state index is 12.5. The molecule has 0 saturated heterocycles. The Bertz CT molecular complexity index is 978. The van der Waals surface area contributed by atoms with Crippen LogP contribution in [0.3, 0.4) is 0 Å². The van der Waals surface area contributed by atoms with Gasteiger partial charge in [-0.15, -0.1) is 21.5 Å². The van der Waals surface area contributed by atoms with Crippen LogP contribution in [0, 0.1) is 0 Å². The van der Waals surface area contributed by atoms with Crippen molar-refractivity contribution >= 4 is 43.7 Å². The van der Waals surface area contributed by atoms with Gasteiger partial charge in [0, 0.05) is 14.0 Å². The fourth-order valence-corrected chi connectivity index (χ4v) is 4.65. The maximum Gasteiger partial charge on any atom is 0.272 e. The van der Waals surface area contributed by atoms with Gasteiger partial charge < -0.3 is 9.84 Å². The zero-order chi connectivity index (χ0) is 18.0. The van der Waals surface area contributed by atoms with Gasteiger partial charge in [-0.1, -0.05) is 22.6 Å². The van der Waals surface area contributed by atoms with Gasteiger partial charge >= 0.3 is 0 Å². The molecular weight excluding hydrogens is 388 g/mol. The van der Waals surface area contributed by atoms with Crippen molar-refractivity contribution in [2.45, 2.75) is 17.8 Å². The summed E-state index contributed by atoms with van der Waals surface area (Å²) >= 11 is 2.21. The number of carbonyl (C=O) groups excluding carboxylic acids is 1. The molecular formula is C12H12N6O4S3. The van der Waals surface area contributed by atoms with Crippen LogP contribution in [0.1, 0.15) is 12.8 Å². The average Bonchev–Trinajstić information content (AvgIpc) is 3.27. The van der Waals surface area contributed by atoms with Gasteiger partial charge in [-0.2, -0.15) is 9.29 Å². The van der Waals surface area contributed by atoms with Crippen LogP contribution in [0.4, 0.5) is 5.13 Å². The Morgan fingerprint density at radius 1 is 1.40 bits per heavy atom. The molecule has 3 aromatic rings. The second kappa shape index (κ2) is 6.95. The van der Waals surface area contributed by atoms with Crippen molar-refractivity contribution < 1.29 is 17.7 Å². The first-order chi connectivity index (χ1) is 11.9. The summed E-state index contributed by atoms with van der Waals surface area (Å²) in [6.07, 6.45) is 0. The van der Waals surface area contributed by atoms with E-state index < -0.39 is 10.0 Å². The molecule has 0 aromatic carbocycles. The van der Waals surface area contributed by atoms with Crippen LogP contribution in [0.2, 0.25) is 0 Å². The summed E-state index contributed by atoms with van der Waals surface area (Å²) in [6.45, 7) is 1.18. The first-order valence-corrected chi connectivity index (χ1v) is 9.94. The summed E-state index contributed by atoms with van der Waals surface area (Å²) in [5.41, 5.74) is 0. The van der Waals surface area contributed by atoms with Gasteiger partial charge in [0.15, 0.2) is 0 Å². The number of nitrogens with one attached hydrogen (secondary N) is 1. The van der Waals surface area contributed by atoms with E-state index in [0.717, 1.165) is 20.5 Å². The molecule has 0 aliphatic rings. The Hall–Kier alpha value is -2.22. The number of aromatic nitrogens is 4. The molecule has 0 atom stereocenters. The minimum Gasteiger partial charge on any atom is -0.337 e. The third-order valence-corrected chi connectivity index (χ3v) is 6.74. The van der Waals surface area contributed by atoms with Crippen molar-refractivity contribution in [2.75, 3.05) is 12.4 Å². The zero-order valence-electron chi connectivity index (χ0n) is 13.0. The molecule has 0 fully saturated rings. The van der Waals surface area contributed by atoms with Crippen LogP contribution >= 0.6 is 22.7 Å². The third kappa shape index (κ3) is 3.89. The minimum atomic E-state index is -3.89. The average molecular weight is 400 g/mol. The van der Waals surface area contributed by atoms with Gasteiger partial charge in [0.25, 0.3) is 10.0 Å². The van der Waals surface area contributed by atoms with E-state index in [1.165, 1.54) is 25.3 Å². The Morgan fingerprint density at radius 2 is 2.20 bits per heavy atom. The van der Waals surface area contributed by atoms with Crippen molar-refractivity contribution in [1.82, 2.24) is 24.6 Å². The topological polar surface area (TPSA) is 131 Å². The van der Waals surface area contributed by atoms with E-state index in [9.17, 15) is 13.2 Å². The molecule has 0 aliphatic carbocycles. The van der Waals surface area contributed by atoms with Crippen LogP contribution in [-0.2, 0) is 21.4 Å². The minimum absolute atomic E-state index is 0.109. The smallest absolute Gasteiger partial charge is 0.272 e. The van der Waals surface area contributed by atoms with Crippen molar-refractivity contribution in [1.29, 1.82) is 0 Å². The van der Waals surface area contributed by atoms with Crippen LogP contribution in [-0.4, -0.2) is 46.0 Å². The lowest BCUT2D eigenvalue weighted by molar-refractivity contribution is -0.114. The largest absolute Gasteiger partial charge is 0.337 e.